The van der Waals surface area contributed by atoms with Crippen molar-refractivity contribution in [1.82, 2.24) is 15.1 Å². The third-order valence-corrected chi connectivity index (χ3v) is 5.10. The molecule has 1 aromatic rings. The molecule has 5 nitrogen and oxygen atoms in total. The number of anilines is 1. The molecule has 1 aromatic carbocycles. The second-order valence-electron chi connectivity index (χ2n) is 6.88. The highest BCUT2D eigenvalue weighted by Crippen LogP contribution is 2.16. The fourth-order valence-corrected chi connectivity index (χ4v) is 3.39. The quantitative estimate of drug-likeness (QED) is 0.884. The molecule has 0 aromatic heterocycles. The lowest BCUT2D eigenvalue weighted by Gasteiger charge is -2.35. The lowest BCUT2D eigenvalue weighted by Crippen LogP contribution is -2.51. The van der Waals surface area contributed by atoms with Gasteiger partial charge in [0.05, 0.1) is 0 Å². The summed E-state index contributed by atoms with van der Waals surface area (Å²) >= 11 is 0. The Labute approximate surface area is 152 Å². The van der Waals surface area contributed by atoms with Crippen LogP contribution < -0.4 is 10.6 Å². The molecule has 1 atom stereocenters. The first-order valence-corrected chi connectivity index (χ1v) is 9.68. The summed E-state index contributed by atoms with van der Waals surface area (Å²) in [7, 11) is 0. The zero-order valence-corrected chi connectivity index (χ0v) is 16.3. The van der Waals surface area contributed by atoms with Crippen LogP contribution in [0.2, 0.25) is 0 Å². The standard InChI is InChI=1S/C18H28N4O.C2H6/c1-14-3-4-17(11-15(14)2)20-18(23)22-9-7-21(8-10-22)13-16-5-6-19-12-16;1-2/h3-4,11,16,19H,5-10,12-13H2,1-2H3,(H,20,23);1-2H3. The van der Waals surface area contributed by atoms with Crippen molar-refractivity contribution in [3.05, 3.63) is 29.3 Å². The van der Waals surface area contributed by atoms with Crippen LogP contribution in [0.1, 0.15) is 31.4 Å². The molecule has 5 heteroatoms. The van der Waals surface area contributed by atoms with E-state index in [1.165, 1.54) is 24.1 Å². The van der Waals surface area contributed by atoms with Gasteiger partial charge in [0.25, 0.3) is 0 Å². The lowest BCUT2D eigenvalue weighted by atomic mass is 10.1. The average molecular weight is 347 g/mol. The molecule has 2 aliphatic heterocycles. The SMILES string of the molecule is CC.Cc1ccc(NC(=O)N2CCN(CC3CCNC3)CC2)cc1C. The summed E-state index contributed by atoms with van der Waals surface area (Å²) in [6, 6.07) is 6.09. The Morgan fingerprint density at radius 2 is 1.88 bits per heavy atom. The van der Waals surface area contributed by atoms with Crippen LogP contribution in [-0.4, -0.2) is 61.6 Å². The summed E-state index contributed by atoms with van der Waals surface area (Å²) in [5, 5.41) is 6.45. The number of urea groups is 1. The van der Waals surface area contributed by atoms with Crippen LogP contribution in [0.25, 0.3) is 0 Å². The predicted molar refractivity (Wildman–Crippen MR) is 105 cm³/mol. The van der Waals surface area contributed by atoms with Crippen molar-refractivity contribution in [1.29, 1.82) is 0 Å². The Morgan fingerprint density at radius 3 is 2.48 bits per heavy atom. The largest absolute Gasteiger partial charge is 0.322 e. The van der Waals surface area contributed by atoms with E-state index in [0.29, 0.717) is 0 Å². The van der Waals surface area contributed by atoms with Crippen molar-refractivity contribution in [3.63, 3.8) is 0 Å². The van der Waals surface area contributed by atoms with Crippen LogP contribution in [0, 0.1) is 19.8 Å². The molecule has 2 fully saturated rings. The van der Waals surface area contributed by atoms with Gasteiger partial charge in [-0.3, -0.25) is 4.90 Å². The van der Waals surface area contributed by atoms with Gasteiger partial charge in [-0.25, -0.2) is 4.79 Å². The second-order valence-corrected chi connectivity index (χ2v) is 6.88. The van der Waals surface area contributed by atoms with Gasteiger partial charge in [0.1, 0.15) is 0 Å². The molecule has 2 heterocycles. The molecule has 2 saturated heterocycles. The summed E-state index contributed by atoms with van der Waals surface area (Å²) in [4.78, 5) is 16.8. The molecule has 0 saturated carbocycles. The van der Waals surface area contributed by atoms with E-state index in [1.54, 1.807) is 0 Å². The maximum absolute atomic E-state index is 12.4. The fourth-order valence-electron chi connectivity index (χ4n) is 3.39. The van der Waals surface area contributed by atoms with E-state index in [0.717, 1.165) is 50.9 Å². The minimum absolute atomic E-state index is 0.0236. The number of piperazine rings is 1. The van der Waals surface area contributed by atoms with Gasteiger partial charge in [0.2, 0.25) is 0 Å². The van der Waals surface area contributed by atoms with Gasteiger partial charge >= 0.3 is 6.03 Å². The van der Waals surface area contributed by atoms with E-state index in [-0.39, 0.29) is 6.03 Å². The number of benzene rings is 1. The van der Waals surface area contributed by atoms with Crippen molar-refractivity contribution in [2.75, 3.05) is 51.1 Å². The van der Waals surface area contributed by atoms with E-state index < -0.39 is 0 Å². The molecule has 1 unspecified atom stereocenters. The summed E-state index contributed by atoms with van der Waals surface area (Å²) in [5.74, 6) is 0.783. The van der Waals surface area contributed by atoms with E-state index >= 15 is 0 Å². The molecule has 2 N–H and O–H groups in total. The molecule has 0 spiro atoms. The number of carbonyl (C=O) groups is 1. The maximum atomic E-state index is 12.4. The molecule has 2 amide bonds. The maximum Gasteiger partial charge on any atom is 0.321 e. The summed E-state index contributed by atoms with van der Waals surface area (Å²) in [5.41, 5.74) is 3.34. The summed E-state index contributed by atoms with van der Waals surface area (Å²) in [6.45, 7) is 15.2. The minimum Gasteiger partial charge on any atom is -0.322 e. The zero-order chi connectivity index (χ0) is 18.2. The predicted octanol–water partition coefficient (Wildman–Crippen LogP) is 3.09. The molecular formula is C20H34N4O. The van der Waals surface area contributed by atoms with E-state index in [9.17, 15) is 4.79 Å². The Morgan fingerprint density at radius 1 is 1.16 bits per heavy atom. The van der Waals surface area contributed by atoms with Gasteiger partial charge in [-0.2, -0.15) is 0 Å². The number of amides is 2. The fraction of sp³-hybridized carbons (Fsp3) is 0.650. The van der Waals surface area contributed by atoms with Crippen molar-refractivity contribution in [2.45, 2.75) is 34.1 Å². The number of hydrogen-bond acceptors (Lipinski definition) is 3. The number of nitrogens with zero attached hydrogens (tertiary/aromatic N) is 2. The third kappa shape index (κ3) is 5.72. The molecular weight excluding hydrogens is 312 g/mol. The highest BCUT2D eigenvalue weighted by Gasteiger charge is 2.24. The van der Waals surface area contributed by atoms with Crippen molar-refractivity contribution >= 4 is 11.7 Å². The Hall–Kier alpha value is -1.59. The smallest absolute Gasteiger partial charge is 0.321 e. The first-order chi connectivity index (χ1) is 12.1. The topological polar surface area (TPSA) is 47.6 Å². The highest BCUT2D eigenvalue weighted by atomic mass is 16.2. The highest BCUT2D eigenvalue weighted by molar-refractivity contribution is 5.89. The second kappa shape index (κ2) is 9.78. The van der Waals surface area contributed by atoms with Crippen LogP contribution in [0.3, 0.4) is 0 Å². The third-order valence-electron chi connectivity index (χ3n) is 5.10. The van der Waals surface area contributed by atoms with Crippen LogP contribution in [0.15, 0.2) is 18.2 Å². The Kier molecular flexibility index (Phi) is 7.72. The molecule has 0 aliphatic carbocycles. The van der Waals surface area contributed by atoms with Gasteiger partial charge < -0.3 is 15.5 Å². The van der Waals surface area contributed by atoms with Crippen molar-refractivity contribution in [2.24, 2.45) is 5.92 Å². The average Bonchev–Trinajstić information content (AvgIpc) is 3.13. The zero-order valence-electron chi connectivity index (χ0n) is 16.3. The van der Waals surface area contributed by atoms with Gasteiger partial charge in [-0.15, -0.1) is 0 Å². The van der Waals surface area contributed by atoms with Crippen LogP contribution >= 0.6 is 0 Å². The van der Waals surface area contributed by atoms with Crippen molar-refractivity contribution < 1.29 is 4.79 Å². The van der Waals surface area contributed by atoms with E-state index in [2.05, 4.69) is 35.4 Å². The van der Waals surface area contributed by atoms with Crippen LogP contribution in [0.5, 0.6) is 0 Å². The number of hydrogen-bond donors (Lipinski definition) is 2. The number of nitrogens with one attached hydrogen (secondary N) is 2. The minimum atomic E-state index is 0.0236. The molecule has 0 bridgehead atoms. The molecule has 3 rings (SSSR count). The normalized spacial score (nSPS) is 20.8. The molecule has 2 aliphatic rings. The lowest BCUT2D eigenvalue weighted by molar-refractivity contribution is 0.136. The summed E-state index contributed by atoms with van der Waals surface area (Å²) < 4.78 is 0. The van der Waals surface area contributed by atoms with Gasteiger partial charge in [0.15, 0.2) is 0 Å². The van der Waals surface area contributed by atoms with Gasteiger partial charge in [-0.05, 0) is 62.5 Å². The Bertz CT molecular complexity index is 547. The van der Waals surface area contributed by atoms with Gasteiger partial charge in [0, 0.05) is 38.4 Å². The molecule has 25 heavy (non-hydrogen) atoms. The number of rotatable bonds is 3. The van der Waals surface area contributed by atoms with Gasteiger partial charge in [-0.1, -0.05) is 19.9 Å². The van der Waals surface area contributed by atoms with E-state index in [4.69, 9.17) is 0 Å². The molecule has 0 radical (unpaired) electrons. The van der Waals surface area contributed by atoms with E-state index in [1.807, 2.05) is 30.9 Å². The number of aryl methyl sites for hydroxylation is 2. The van der Waals surface area contributed by atoms with Crippen molar-refractivity contribution in [3.8, 4) is 0 Å². The van der Waals surface area contributed by atoms with Crippen LogP contribution in [-0.2, 0) is 0 Å². The number of carbonyl (C=O) groups excluding carboxylic acids is 1. The summed E-state index contributed by atoms with van der Waals surface area (Å²) in [6.07, 6.45) is 1.29. The first-order valence-electron chi connectivity index (χ1n) is 9.68. The Balaban J connectivity index is 0.00000109. The molecule has 140 valence electrons. The van der Waals surface area contributed by atoms with Crippen LogP contribution in [0.4, 0.5) is 10.5 Å². The first kappa shape index (κ1) is 19.7. The monoisotopic (exact) mass is 346 g/mol.